The van der Waals surface area contributed by atoms with E-state index >= 15 is 0 Å². The molecule has 1 aliphatic rings. The second kappa shape index (κ2) is 9.16. The summed E-state index contributed by atoms with van der Waals surface area (Å²) < 4.78 is 6.02. The molecule has 1 N–H and O–H groups in total. The Morgan fingerprint density at radius 3 is 2.39 bits per heavy atom. The molecule has 1 amide bonds. The van der Waals surface area contributed by atoms with Crippen LogP contribution in [0.3, 0.4) is 0 Å². The van der Waals surface area contributed by atoms with Crippen molar-refractivity contribution in [1.29, 1.82) is 0 Å². The lowest BCUT2D eigenvalue weighted by Gasteiger charge is -2.32. The Morgan fingerprint density at radius 2 is 1.68 bits per heavy atom. The predicted octanol–water partition coefficient (Wildman–Crippen LogP) is 5.05. The van der Waals surface area contributed by atoms with Gasteiger partial charge in [-0.15, -0.1) is 0 Å². The number of piperidine rings is 1. The number of carbonyl (C=O) groups is 1. The lowest BCUT2D eigenvalue weighted by Crippen LogP contribution is -2.38. The number of aromatic nitrogens is 2. The minimum absolute atomic E-state index is 0.0186. The molecule has 0 unspecified atom stereocenters. The zero-order valence-corrected chi connectivity index (χ0v) is 18.3. The van der Waals surface area contributed by atoms with Gasteiger partial charge in [0, 0.05) is 37.1 Å². The van der Waals surface area contributed by atoms with Crippen LogP contribution in [0.25, 0.3) is 0 Å². The molecule has 6 heteroatoms. The molecule has 1 fully saturated rings. The summed E-state index contributed by atoms with van der Waals surface area (Å²) in [5, 5.41) is 3.09. The second-order valence-corrected chi connectivity index (χ2v) is 8.23. The first kappa shape index (κ1) is 20.8. The van der Waals surface area contributed by atoms with Gasteiger partial charge >= 0.3 is 0 Å². The Hall–Kier alpha value is -3.41. The average Bonchev–Trinajstić information content (AvgIpc) is 2.73. The van der Waals surface area contributed by atoms with Crippen molar-refractivity contribution >= 4 is 17.4 Å². The molecular formula is C25H28N4O2. The van der Waals surface area contributed by atoms with E-state index in [2.05, 4.69) is 26.3 Å². The standard InChI is InChI=1S/C25H28N4O2/c1-17-5-4-6-22(16-17)31-25-23(26-9-10-27-25)29-11-7-20(8-12-29)24(30)28-21-14-18(2)13-19(3)15-21/h4-6,9-10,13-16,20H,7-8,11-12H2,1-3H3,(H,28,30). The lowest BCUT2D eigenvalue weighted by molar-refractivity contribution is -0.120. The molecule has 0 saturated carbocycles. The Kier molecular flexibility index (Phi) is 6.16. The van der Waals surface area contributed by atoms with E-state index in [4.69, 9.17) is 4.74 Å². The first-order valence-corrected chi connectivity index (χ1v) is 10.7. The molecule has 1 aromatic heterocycles. The van der Waals surface area contributed by atoms with Crippen LogP contribution < -0.4 is 15.0 Å². The SMILES string of the molecule is Cc1cc(C)cc(NC(=O)C2CCN(c3nccnc3Oc3cccc(C)c3)CC2)c1. The highest BCUT2D eigenvalue weighted by Gasteiger charge is 2.27. The fourth-order valence-electron chi connectivity index (χ4n) is 4.04. The van der Waals surface area contributed by atoms with Crippen LogP contribution in [0.4, 0.5) is 11.5 Å². The van der Waals surface area contributed by atoms with Crippen LogP contribution in [0.5, 0.6) is 11.6 Å². The summed E-state index contributed by atoms with van der Waals surface area (Å²) >= 11 is 0. The van der Waals surface area contributed by atoms with Gasteiger partial charge in [-0.05, 0) is 74.6 Å². The number of rotatable bonds is 5. The van der Waals surface area contributed by atoms with Gasteiger partial charge in [-0.2, -0.15) is 0 Å². The normalized spacial score (nSPS) is 14.4. The van der Waals surface area contributed by atoms with Gasteiger partial charge in [0.25, 0.3) is 5.88 Å². The Labute approximate surface area is 183 Å². The van der Waals surface area contributed by atoms with Gasteiger partial charge in [0.2, 0.25) is 5.91 Å². The molecule has 2 heterocycles. The summed E-state index contributed by atoms with van der Waals surface area (Å²) in [6.45, 7) is 7.57. The number of benzene rings is 2. The van der Waals surface area contributed by atoms with Crippen molar-refractivity contribution in [2.75, 3.05) is 23.3 Å². The van der Waals surface area contributed by atoms with Crippen molar-refractivity contribution in [3.8, 4) is 11.6 Å². The number of anilines is 2. The lowest BCUT2D eigenvalue weighted by atomic mass is 9.95. The van der Waals surface area contributed by atoms with Gasteiger partial charge in [-0.3, -0.25) is 4.79 Å². The van der Waals surface area contributed by atoms with E-state index in [-0.39, 0.29) is 11.8 Å². The summed E-state index contributed by atoms with van der Waals surface area (Å²) in [5.74, 6) is 2.02. The van der Waals surface area contributed by atoms with Crippen molar-refractivity contribution in [3.05, 3.63) is 71.5 Å². The number of aryl methyl sites for hydroxylation is 3. The molecule has 0 bridgehead atoms. The van der Waals surface area contributed by atoms with Crippen molar-refractivity contribution in [3.63, 3.8) is 0 Å². The van der Waals surface area contributed by atoms with Gasteiger partial charge in [0.15, 0.2) is 5.82 Å². The highest BCUT2D eigenvalue weighted by atomic mass is 16.5. The number of amides is 1. The molecule has 0 radical (unpaired) electrons. The molecule has 6 nitrogen and oxygen atoms in total. The summed E-state index contributed by atoms with van der Waals surface area (Å²) in [7, 11) is 0. The fourth-order valence-corrected chi connectivity index (χ4v) is 4.04. The third kappa shape index (κ3) is 5.20. The highest BCUT2D eigenvalue weighted by Crippen LogP contribution is 2.31. The second-order valence-electron chi connectivity index (χ2n) is 8.23. The summed E-state index contributed by atoms with van der Waals surface area (Å²) in [4.78, 5) is 23.9. The van der Waals surface area contributed by atoms with E-state index in [9.17, 15) is 4.79 Å². The smallest absolute Gasteiger partial charge is 0.263 e. The Morgan fingerprint density at radius 1 is 0.968 bits per heavy atom. The molecular weight excluding hydrogens is 388 g/mol. The maximum atomic E-state index is 12.8. The van der Waals surface area contributed by atoms with Crippen LogP contribution in [0.15, 0.2) is 54.9 Å². The average molecular weight is 417 g/mol. The van der Waals surface area contributed by atoms with E-state index in [0.29, 0.717) is 5.88 Å². The fraction of sp³-hybridized carbons (Fsp3) is 0.320. The van der Waals surface area contributed by atoms with Gasteiger partial charge in [-0.1, -0.05) is 18.2 Å². The number of carbonyl (C=O) groups excluding carboxylic acids is 1. The highest BCUT2D eigenvalue weighted by molar-refractivity contribution is 5.92. The van der Waals surface area contributed by atoms with E-state index in [1.807, 2.05) is 57.2 Å². The zero-order chi connectivity index (χ0) is 21.8. The molecule has 0 aliphatic carbocycles. The summed E-state index contributed by atoms with van der Waals surface area (Å²) in [6.07, 6.45) is 4.84. The van der Waals surface area contributed by atoms with Crippen molar-refractivity contribution in [2.45, 2.75) is 33.6 Å². The molecule has 160 valence electrons. The van der Waals surface area contributed by atoms with Crippen LogP contribution in [-0.4, -0.2) is 29.0 Å². The van der Waals surface area contributed by atoms with Gasteiger partial charge in [0.1, 0.15) is 5.75 Å². The molecule has 3 aromatic rings. The molecule has 0 atom stereocenters. The van der Waals surface area contributed by atoms with Crippen molar-refractivity contribution < 1.29 is 9.53 Å². The number of nitrogens with zero attached hydrogens (tertiary/aromatic N) is 3. The van der Waals surface area contributed by atoms with Crippen LogP contribution in [0, 0.1) is 26.7 Å². The summed E-state index contributed by atoms with van der Waals surface area (Å²) in [5.41, 5.74) is 4.29. The third-order valence-corrected chi connectivity index (χ3v) is 5.51. The monoisotopic (exact) mass is 416 g/mol. The first-order chi connectivity index (χ1) is 15.0. The first-order valence-electron chi connectivity index (χ1n) is 10.7. The van der Waals surface area contributed by atoms with Crippen molar-refractivity contribution in [2.24, 2.45) is 5.92 Å². The minimum Gasteiger partial charge on any atom is -0.436 e. The topological polar surface area (TPSA) is 67.4 Å². The van der Waals surface area contributed by atoms with Gasteiger partial charge in [0.05, 0.1) is 0 Å². The Bertz CT molecular complexity index is 1050. The van der Waals surface area contributed by atoms with Gasteiger partial charge in [-0.25, -0.2) is 9.97 Å². The molecule has 1 saturated heterocycles. The van der Waals surface area contributed by atoms with E-state index in [1.165, 1.54) is 0 Å². The van der Waals surface area contributed by atoms with Crippen LogP contribution in [0.1, 0.15) is 29.5 Å². The number of nitrogens with one attached hydrogen (secondary N) is 1. The number of ether oxygens (including phenoxy) is 1. The van der Waals surface area contributed by atoms with Crippen LogP contribution in [-0.2, 0) is 4.79 Å². The number of hydrogen-bond acceptors (Lipinski definition) is 5. The van der Waals surface area contributed by atoms with E-state index in [0.717, 1.165) is 59.9 Å². The maximum Gasteiger partial charge on any atom is 0.263 e. The summed E-state index contributed by atoms with van der Waals surface area (Å²) in [6, 6.07) is 14.0. The zero-order valence-electron chi connectivity index (χ0n) is 18.3. The molecule has 0 spiro atoms. The largest absolute Gasteiger partial charge is 0.436 e. The molecule has 31 heavy (non-hydrogen) atoms. The number of hydrogen-bond donors (Lipinski definition) is 1. The maximum absolute atomic E-state index is 12.8. The minimum atomic E-state index is -0.0186. The molecule has 1 aliphatic heterocycles. The third-order valence-electron chi connectivity index (χ3n) is 5.51. The van der Waals surface area contributed by atoms with Crippen LogP contribution >= 0.6 is 0 Å². The molecule has 2 aromatic carbocycles. The molecule has 4 rings (SSSR count). The van der Waals surface area contributed by atoms with Gasteiger partial charge < -0.3 is 15.0 Å². The van der Waals surface area contributed by atoms with Crippen molar-refractivity contribution in [1.82, 2.24) is 9.97 Å². The van der Waals surface area contributed by atoms with Crippen LogP contribution in [0.2, 0.25) is 0 Å². The Balaban J connectivity index is 1.40. The van der Waals surface area contributed by atoms with E-state index in [1.54, 1.807) is 12.4 Å². The quantitative estimate of drug-likeness (QED) is 0.630. The predicted molar refractivity (Wildman–Crippen MR) is 123 cm³/mol. The van der Waals surface area contributed by atoms with E-state index < -0.39 is 0 Å².